The predicted octanol–water partition coefficient (Wildman–Crippen LogP) is 4.81. The van der Waals surface area contributed by atoms with Gasteiger partial charge in [-0.3, -0.25) is 14.4 Å². The van der Waals surface area contributed by atoms with E-state index >= 15 is 0 Å². The molecule has 4 rings (SSSR count). The van der Waals surface area contributed by atoms with E-state index in [4.69, 9.17) is 37.9 Å². The van der Waals surface area contributed by atoms with E-state index in [-0.39, 0.29) is 62.9 Å². The number of aliphatic hydroxyl groups excluding tert-OH is 2. The van der Waals surface area contributed by atoms with Crippen LogP contribution in [0, 0.1) is 5.41 Å². The van der Waals surface area contributed by atoms with E-state index in [9.17, 15) is 34.5 Å². The fourth-order valence-electron chi connectivity index (χ4n) is 8.08. The Kier molecular flexibility index (Phi) is 18.8. The van der Waals surface area contributed by atoms with Gasteiger partial charge in [-0.1, -0.05) is 65.2 Å². The lowest BCUT2D eigenvalue weighted by Gasteiger charge is -2.51. The predicted molar refractivity (Wildman–Crippen MR) is 209 cm³/mol. The maximum Gasteiger partial charge on any atom is 0.330 e. The summed E-state index contributed by atoms with van der Waals surface area (Å²) < 4.78 is 47.3. The van der Waals surface area contributed by atoms with Crippen LogP contribution in [0.5, 0.6) is 0 Å². The summed E-state index contributed by atoms with van der Waals surface area (Å²) in [4.78, 5) is 52.0. The van der Waals surface area contributed by atoms with Gasteiger partial charge in [0.2, 0.25) is 5.79 Å². The molecule has 0 spiro atoms. The Labute approximate surface area is 342 Å². The number of carbonyl (C=O) groups is 4. The number of aliphatic hydroxyl groups is 3. The highest BCUT2D eigenvalue weighted by Gasteiger charge is 2.57. The number of rotatable bonds is 13. The number of ether oxygens (including phenoxy) is 8. The Morgan fingerprint density at radius 2 is 1.66 bits per heavy atom. The fourth-order valence-corrected chi connectivity index (χ4v) is 8.08. The van der Waals surface area contributed by atoms with Crippen molar-refractivity contribution in [2.75, 3.05) is 20.3 Å². The van der Waals surface area contributed by atoms with Crippen LogP contribution in [0.4, 0.5) is 0 Å². The lowest BCUT2D eigenvalue weighted by atomic mass is 9.74. The van der Waals surface area contributed by atoms with Crippen molar-refractivity contribution in [2.24, 2.45) is 5.41 Å². The maximum absolute atomic E-state index is 13.4. The van der Waals surface area contributed by atoms with Gasteiger partial charge in [0.1, 0.15) is 12.7 Å². The zero-order valence-corrected chi connectivity index (χ0v) is 34.7. The Hall–Kier alpha value is -3.18. The Morgan fingerprint density at radius 1 is 0.931 bits per heavy atom. The lowest BCUT2D eigenvalue weighted by molar-refractivity contribution is -0.327. The molecule has 4 heterocycles. The van der Waals surface area contributed by atoms with Gasteiger partial charge in [-0.05, 0) is 43.8 Å². The van der Waals surface area contributed by atoms with Crippen molar-refractivity contribution in [3.63, 3.8) is 0 Å². The summed E-state index contributed by atoms with van der Waals surface area (Å²) in [7, 11) is 1.20. The number of methoxy groups -OCH3 is 1. The van der Waals surface area contributed by atoms with Crippen molar-refractivity contribution in [2.45, 2.75) is 184 Å². The minimum Gasteiger partial charge on any atom is -0.466 e. The van der Waals surface area contributed by atoms with Crippen LogP contribution in [0.3, 0.4) is 0 Å². The molecule has 4 aliphatic rings. The molecule has 4 aliphatic heterocycles. The minimum atomic E-state index is -2.35. The minimum absolute atomic E-state index is 0.0449. The highest BCUT2D eigenvalue weighted by molar-refractivity contribution is 5.83. The molecule has 0 aromatic carbocycles. The standard InChI is InChI=1S/C43H66O15/c1-6-8-9-10-11-15-36(46)57-41-28(20-37(47)51-5)19-34-25-35(27-44)54-39(49)22-29(45)21-30-13-12-14-31(53-30)23-32-24-33(26-38(48)52-18-7-2)56-40(55-32)16-17-42(3,4)43(41,50)58-34/h7,16-17,20,29-35,40-41,44-45,50H,2,6,8-15,18-19,21-27H2,1,3-5H3/t29-,30?,31-,32-,33-,34+,35-,40-,41+,43-/m1/s1. The molecule has 15 heteroatoms. The van der Waals surface area contributed by atoms with Crippen molar-refractivity contribution in [3.8, 4) is 0 Å². The Morgan fingerprint density at radius 3 is 2.36 bits per heavy atom. The second-order valence-corrected chi connectivity index (χ2v) is 16.5. The quantitative estimate of drug-likeness (QED) is 0.0750. The van der Waals surface area contributed by atoms with E-state index in [0.29, 0.717) is 25.7 Å². The number of cyclic esters (lactones) is 1. The van der Waals surface area contributed by atoms with E-state index in [1.165, 1.54) is 13.2 Å². The molecule has 15 nitrogen and oxygen atoms in total. The molecule has 10 atom stereocenters. The van der Waals surface area contributed by atoms with E-state index < -0.39 is 84.6 Å². The van der Waals surface area contributed by atoms with Gasteiger partial charge < -0.3 is 53.2 Å². The summed E-state index contributed by atoms with van der Waals surface area (Å²) in [6, 6.07) is 0. The highest BCUT2D eigenvalue weighted by Crippen LogP contribution is 2.47. The van der Waals surface area contributed by atoms with Crippen LogP contribution in [0.25, 0.3) is 0 Å². The van der Waals surface area contributed by atoms with Gasteiger partial charge in [-0.25, -0.2) is 4.79 Å². The molecule has 0 aliphatic carbocycles. The first-order valence-corrected chi connectivity index (χ1v) is 21.0. The number of unbranched alkanes of at least 4 members (excludes halogenated alkanes) is 4. The maximum atomic E-state index is 13.4. The van der Waals surface area contributed by atoms with Crippen molar-refractivity contribution in [1.82, 2.24) is 0 Å². The van der Waals surface area contributed by atoms with Gasteiger partial charge in [0.05, 0.1) is 63.2 Å². The van der Waals surface area contributed by atoms with E-state index in [1.807, 2.05) is 0 Å². The Bertz CT molecular complexity index is 1430. The first-order valence-electron chi connectivity index (χ1n) is 21.0. The van der Waals surface area contributed by atoms with Crippen molar-refractivity contribution < 1.29 is 72.4 Å². The summed E-state index contributed by atoms with van der Waals surface area (Å²) in [6.07, 6.45) is 5.95. The number of hydrogen-bond donors (Lipinski definition) is 3. The zero-order valence-electron chi connectivity index (χ0n) is 34.7. The van der Waals surface area contributed by atoms with Crippen LogP contribution in [0.15, 0.2) is 36.5 Å². The SMILES string of the molecule is C=CCOC(=O)C[C@H]1C[C@H]2C[C@H]3CCCC(C[C@@H](O)CC(=O)O[C@@H](CO)C[C@@H]4CC(=CC(=O)OC)[C@H](OC(=O)CCCCCCC)[C@@](O)(O4)C(C)(C)C=C[C@H](O2)O1)O3. The zero-order chi connectivity index (χ0) is 42.3. The molecule has 0 amide bonds. The normalized spacial score (nSPS) is 33.9. The second-order valence-electron chi connectivity index (χ2n) is 16.5. The first-order chi connectivity index (χ1) is 27.7. The third-order valence-corrected chi connectivity index (χ3v) is 11.2. The molecule has 3 N–H and O–H groups in total. The number of carbonyl (C=O) groups excluding carboxylic acids is 4. The number of hydrogen-bond acceptors (Lipinski definition) is 15. The average molecular weight is 823 g/mol. The number of esters is 4. The third kappa shape index (κ3) is 14.2. The van der Waals surface area contributed by atoms with Crippen molar-refractivity contribution >= 4 is 23.9 Å². The Balaban J connectivity index is 1.74. The van der Waals surface area contributed by atoms with Crippen LogP contribution in [0.1, 0.15) is 124 Å². The number of fused-ring (bicyclic) bond motifs is 6. The topological polar surface area (TPSA) is 203 Å². The molecule has 0 radical (unpaired) electrons. The monoisotopic (exact) mass is 822 g/mol. The molecule has 6 bridgehead atoms. The van der Waals surface area contributed by atoms with E-state index in [0.717, 1.165) is 44.6 Å². The molecular weight excluding hydrogens is 756 g/mol. The van der Waals surface area contributed by atoms with Crippen molar-refractivity contribution in [1.29, 1.82) is 0 Å². The van der Waals surface area contributed by atoms with Crippen LogP contribution >= 0.6 is 0 Å². The molecular formula is C43H66O15. The summed E-state index contributed by atoms with van der Waals surface area (Å²) >= 11 is 0. The molecule has 58 heavy (non-hydrogen) atoms. The molecule has 0 saturated carbocycles. The average Bonchev–Trinajstić information content (AvgIpc) is 3.16. The van der Waals surface area contributed by atoms with Gasteiger partial charge >= 0.3 is 23.9 Å². The van der Waals surface area contributed by atoms with Crippen LogP contribution in [-0.2, 0) is 57.1 Å². The molecule has 3 fully saturated rings. The fraction of sp³-hybridized carbons (Fsp3) is 0.767. The van der Waals surface area contributed by atoms with Gasteiger partial charge in [0, 0.05) is 43.6 Å². The summed E-state index contributed by atoms with van der Waals surface area (Å²) in [6.45, 7) is 8.47. The summed E-state index contributed by atoms with van der Waals surface area (Å²) in [5.41, 5.74) is -1.22. The molecule has 1 unspecified atom stereocenters. The van der Waals surface area contributed by atoms with Crippen LogP contribution in [-0.4, -0.2) is 120 Å². The molecule has 0 aromatic rings. The van der Waals surface area contributed by atoms with E-state index in [2.05, 4.69) is 13.5 Å². The van der Waals surface area contributed by atoms with Crippen molar-refractivity contribution in [3.05, 3.63) is 36.5 Å². The smallest absolute Gasteiger partial charge is 0.330 e. The largest absolute Gasteiger partial charge is 0.466 e. The van der Waals surface area contributed by atoms with Gasteiger partial charge in [0.15, 0.2) is 12.4 Å². The molecule has 0 aromatic heterocycles. The van der Waals surface area contributed by atoms with Crippen LogP contribution in [0.2, 0.25) is 0 Å². The summed E-state index contributed by atoms with van der Waals surface area (Å²) in [5, 5.41) is 34.0. The van der Waals surface area contributed by atoms with E-state index in [1.54, 1.807) is 26.0 Å². The van der Waals surface area contributed by atoms with Gasteiger partial charge in [-0.2, -0.15) is 0 Å². The first kappa shape index (κ1) is 47.5. The molecule has 328 valence electrons. The second kappa shape index (κ2) is 23.0. The van der Waals surface area contributed by atoms with Gasteiger partial charge in [0.25, 0.3) is 0 Å². The summed E-state index contributed by atoms with van der Waals surface area (Å²) in [5.74, 6) is -4.90. The molecule has 3 saturated heterocycles. The third-order valence-electron chi connectivity index (χ3n) is 11.2. The highest BCUT2D eigenvalue weighted by atomic mass is 16.7. The lowest BCUT2D eigenvalue weighted by Crippen LogP contribution is -2.62. The van der Waals surface area contributed by atoms with Gasteiger partial charge in [-0.15, -0.1) is 0 Å². The van der Waals surface area contributed by atoms with Crippen LogP contribution < -0.4 is 0 Å².